The fourth-order valence-electron chi connectivity index (χ4n) is 3.54. The first-order chi connectivity index (χ1) is 17.3. The second-order valence-electron chi connectivity index (χ2n) is 7.85. The number of hydrogen-bond donors (Lipinski definition) is 3. The van der Waals surface area contributed by atoms with Gasteiger partial charge in [-0.2, -0.15) is 23.1 Å². The van der Waals surface area contributed by atoms with E-state index < -0.39 is 12.3 Å². The molecule has 1 unspecified atom stereocenters. The molecule has 0 spiro atoms. The number of hydrogen-bond acceptors (Lipinski definition) is 8. The number of methoxy groups -OCH3 is 2. The summed E-state index contributed by atoms with van der Waals surface area (Å²) < 4.78 is 48.8. The molecular weight excluding hydrogens is 475 g/mol. The minimum atomic E-state index is -4.72. The molecule has 0 bridgehead atoms. The molecule has 2 aromatic heterocycles. The average Bonchev–Trinajstić information content (AvgIpc) is 2.89. The Labute approximate surface area is 205 Å². The zero-order valence-corrected chi connectivity index (χ0v) is 19.5. The number of fused-ring (bicyclic) bond motifs is 1. The van der Waals surface area contributed by atoms with E-state index in [1.54, 1.807) is 26.5 Å². The van der Waals surface area contributed by atoms with Crippen LogP contribution in [0.15, 0.2) is 60.8 Å². The van der Waals surface area contributed by atoms with Gasteiger partial charge >= 0.3 is 6.18 Å². The van der Waals surface area contributed by atoms with Crippen LogP contribution in [0.2, 0.25) is 0 Å². The summed E-state index contributed by atoms with van der Waals surface area (Å²) in [5.74, 6) is 2.11. The zero-order chi connectivity index (χ0) is 25.7. The number of aliphatic hydroxyl groups excluding tert-OH is 1. The predicted octanol–water partition coefficient (Wildman–Crippen LogP) is 4.86. The Kier molecular flexibility index (Phi) is 7.39. The van der Waals surface area contributed by atoms with Crippen molar-refractivity contribution in [1.29, 1.82) is 0 Å². The fourth-order valence-corrected chi connectivity index (χ4v) is 3.54. The van der Waals surface area contributed by atoms with Gasteiger partial charge in [0.25, 0.3) is 0 Å². The number of aromatic nitrogens is 3. The van der Waals surface area contributed by atoms with Crippen LogP contribution in [0, 0.1) is 0 Å². The molecule has 2 heterocycles. The number of nitrogens with zero attached hydrogens (tertiary/aromatic N) is 3. The Balaban J connectivity index is 1.50. The summed E-state index contributed by atoms with van der Waals surface area (Å²) in [5.41, 5.74) is 1.89. The van der Waals surface area contributed by atoms with Crippen molar-refractivity contribution in [2.45, 2.75) is 25.4 Å². The highest BCUT2D eigenvalue weighted by molar-refractivity contribution is 5.87. The van der Waals surface area contributed by atoms with Gasteiger partial charge in [0.2, 0.25) is 5.95 Å². The maximum Gasteiger partial charge on any atom is 0.418 e. The molecule has 0 aliphatic rings. The molecule has 2 aromatic carbocycles. The third kappa shape index (κ3) is 5.74. The maximum atomic E-state index is 12.7. The zero-order valence-electron chi connectivity index (χ0n) is 19.5. The second kappa shape index (κ2) is 10.6. The number of pyridine rings is 1. The summed E-state index contributed by atoms with van der Waals surface area (Å²) in [4.78, 5) is 13.3. The largest absolute Gasteiger partial charge is 0.493 e. The Morgan fingerprint density at radius 1 is 0.889 bits per heavy atom. The van der Waals surface area contributed by atoms with E-state index in [2.05, 4.69) is 25.6 Å². The van der Waals surface area contributed by atoms with Crippen LogP contribution in [0.1, 0.15) is 22.8 Å². The number of anilines is 2. The van der Waals surface area contributed by atoms with Gasteiger partial charge in [0, 0.05) is 19.3 Å². The topological polar surface area (TPSA) is 101 Å². The molecule has 4 rings (SSSR count). The monoisotopic (exact) mass is 499 g/mol. The SMILES string of the molecule is COc1ccc(CNc2nc(NCc3ccc(C(O)C(F)(F)F)cc3)nc3ncccc23)cc1OC. The molecule has 0 fully saturated rings. The van der Waals surface area contributed by atoms with Crippen molar-refractivity contribution in [3.05, 3.63) is 77.5 Å². The molecule has 0 aliphatic heterocycles. The highest BCUT2D eigenvalue weighted by Gasteiger charge is 2.39. The van der Waals surface area contributed by atoms with Gasteiger partial charge in [-0.1, -0.05) is 30.3 Å². The first kappa shape index (κ1) is 25.0. The third-order valence-corrected chi connectivity index (χ3v) is 5.44. The van der Waals surface area contributed by atoms with Crippen LogP contribution in [0.4, 0.5) is 24.9 Å². The van der Waals surface area contributed by atoms with E-state index >= 15 is 0 Å². The van der Waals surface area contributed by atoms with Crippen LogP contribution < -0.4 is 20.1 Å². The maximum absolute atomic E-state index is 12.7. The Bertz CT molecular complexity index is 1330. The first-order valence-corrected chi connectivity index (χ1v) is 10.9. The van der Waals surface area contributed by atoms with Crippen LogP contribution in [-0.2, 0) is 13.1 Å². The van der Waals surface area contributed by atoms with E-state index in [-0.39, 0.29) is 12.1 Å². The molecular formula is C25H24F3N5O3. The summed E-state index contributed by atoms with van der Waals surface area (Å²) in [6.45, 7) is 0.708. The summed E-state index contributed by atoms with van der Waals surface area (Å²) in [5, 5.41) is 16.5. The molecule has 188 valence electrons. The second-order valence-corrected chi connectivity index (χ2v) is 7.85. The van der Waals surface area contributed by atoms with Crippen LogP contribution >= 0.6 is 0 Å². The quantitative estimate of drug-likeness (QED) is 0.300. The van der Waals surface area contributed by atoms with Gasteiger partial charge in [-0.15, -0.1) is 0 Å². The van der Waals surface area contributed by atoms with Crippen LogP contribution in [0.3, 0.4) is 0 Å². The highest BCUT2D eigenvalue weighted by atomic mass is 19.4. The van der Waals surface area contributed by atoms with Crippen molar-refractivity contribution in [3.63, 3.8) is 0 Å². The lowest BCUT2D eigenvalue weighted by atomic mass is 10.1. The van der Waals surface area contributed by atoms with E-state index in [0.29, 0.717) is 41.0 Å². The van der Waals surface area contributed by atoms with Gasteiger partial charge in [0.05, 0.1) is 19.6 Å². The summed E-state index contributed by atoms with van der Waals surface area (Å²) in [6.07, 6.45) is -5.61. The number of aliphatic hydroxyl groups is 1. The molecule has 0 aliphatic carbocycles. The molecule has 0 saturated carbocycles. The molecule has 0 radical (unpaired) electrons. The fraction of sp³-hybridized carbons (Fsp3) is 0.240. The molecule has 0 saturated heterocycles. The van der Waals surface area contributed by atoms with Crippen molar-refractivity contribution in [2.75, 3.05) is 24.9 Å². The highest BCUT2D eigenvalue weighted by Crippen LogP contribution is 2.32. The smallest absolute Gasteiger partial charge is 0.418 e. The summed E-state index contributed by atoms with van der Waals surface area (Å²) >= 11 is 0. The molecule has 4 aromatic rings. The van der Waals surface area contributed by atoms with Crippen molar-refractivity contribution < 1.29 is 27.8 Å². The standard InChI is InChI=1S/C25H24F3N5O3/c1-35-19-10-7-16(12-20(19)36-2)14-30-23-18-4-3-11-29-22(18)32-24(33-23)31-13-15-5-8-17(9-6-15)21(34)25(26,27)28/h3-12,21,34H,13-14H2,1-2H3,(H2,29,30,31,32,33). The Morgan fingerprint density at radius 3 is 2.28 bits per heavy atom. The number of alkyl halides is 3. The number of halogens is 3. The third-order valence-electron chi connectivity index (χ3n) is 5.44. The van der Waals surface area contributed by atoms with Gasteiger partial charge in [0.15, 0.2) is 23.3 Å². The number of rotatable bonds is 9. The minimum Gasteiger partial charge on any atom is -0.493 e. The van der Waals surface area contributed by atoms with E-state index in [0.717, 1.165) is 10.9 Å². The molecule has 0 amide bonds. The Hall–Kier alpha value is -4.12. The van der Waals surface area contributed by atoms with Crippen LogP contribution in [0.25, 0.3) is 11.0 Å². The number of ether oxygens (including phenoxy) is 2. The minimum absolute atomic E-state index is 0.223. The van der Waals surface area contributed by atoms with Gasteiger partial charge < -0.3 is 25.2 Å². The molecule has 3 N–H and O–H groups in total. The molecule has 11 heteroatoms. The molecule has 1 atom stereocenters. The number of benzene rings is 2. The van der Waals surface area contributed by atoms with E-state index in [1.807, 2.05) is 24.3 Å². The predicted molar refractivity (Wildman–Crippen MR) is 129 cm³/mol. The van der Waals surface area contributed by atoms with Gasteiger partial charge in [-0.05, 0) is 41.0 Å². The van der Waals surface area contributed by atoms with Crippen molar-refractivity contribution in [3.8, 4) is 11.5 Å². The lowest BCUT2D eigenvalue weighted by molar-refractivity contribution is -0.206. The van der Waals surface area contributed by atoms with Gasteiger partial charge in [-0.3, -0.25) is 0 Å². The summed E-state index contributed by atoms with van der Waals surface area (Å²) in [7, 11) is 3.15. The normalized spacial score (nSPS) is 12.3. The van der Waals surface area contributed by atoms with E-state index in [4.69, 9.17) is 9.47 Å². The van der Waals surface area contributed by atoms with Crippen molar-refractivity contribution in [2.24, 2.45) is 0 Å². The van der Waals surface area contributed by atoms with Gasteiger partial charge in [0.1, 0.15) is 5.82 Å². The first-order valence-electron chi connectivity index (χ1n) is 10.9. The molecule has 36 heavy (non-hydrogen) atoms. The average molecular weight is 499 g/mol. The number of nitrogens with one attached hydrogen (secondary N) is 2. The Morgan fingerprint density at radius 2 is 1.58 bits per heavy atom. The van der Waals surface area contributed by atoms with Crippen molar-refractivity contribution >= 4 is 22.8 Å². The van der Waals surface area contributed by atoms with Crippen molar-refractivity contribution in [1.82, 2.24) is 15.0 Å². The van der Waals surface area contributed by atoms with Crippen LogP contribution in [-0.4, -0.2) is 40.5 Å². The lowest BCUT2D eigenvalue weighted by Gasteiger charge is -2.15. The van der Waals surface area contributed by atoms with E-state index in [9.17, 15) is 18.3 Å². The van der Waals surface area contributed by atoms with E-state index in [1.165, 1.54) is 24.3 Å². The van der Waals surface area contributed by atoms with Gasteiger partial charge in [-0.25, -0.2) is 4.98 Å². The molecule has 8 nitrogen and oxygen atoms in total. The summed E-state index contributed by atoms with van der Waals surface area (Å²) in [6, 6.07) is 14.7. The lowest BCUT2D eigenvalue weighted by Crippen LogP contribution is -2.20. The van der Waals surface area contributed by atoms with Crippen LogP contribution in [0.5, 0.6) is 11.5 Å².